The fraction of sp³-hybridized carbons (Fsp3) is 0.680. The SMILES string of the molecule is C=C(CC1CCC2(C)[C@H]3Cc4ccc(O)c(C)c4[C@@]2(CCN3C)C1(C)C)N[B]C. The summed E-state index contributed by atoms with van der Waals surface area (Å²) < 4.78 is 0. The Hall–Kier alpha value is -1.42. The Morgan fingerprint density at radius 3 is 2.72 bits per heavy atom. The van der Waals surface area contributed by atoms with Crippen LogP contribution in [-0.4, -0.2) is 37.1 Å². The van der Waals surface area contributed by atoms with Gasteiger partial charge in [-0.25, -0.2) is 0 Å². The Labute approximate surface area is 178 Å². The van der Waals surface area contributed by atoms with Crippen molar-refractivity contribution >= 4 is 7.41 Å². The molecule has 0 amide bonds. The van der Waals surface area contributed by atoms with Crippen LogP contribution in [0.5, 0.6) is 5.75 Å². The number of nitrogens with one attached hydrogen (secondary N) is 1. The van der Waals surface area contributed by atoms with Crippen LogP contribution in [0.3, 0.4) is 0 Å². The van der Waals surface area contributed by atoms with E-state index in [2.05, 4.69) is 57.5 Å². The standard InChI is InChI=1S/C25H38BN2O/c1-16(27-26-6)14-19-10-11-24(5)21-15-18-8-9-20(29)17(2)22(18)25(24,23(19,3)4)12-13-28(21)7/h8-9,19,21,27,29H,1,10-15H2,2-7H3/t19?,21-,24?,25+/m1/s1. The first-order chi connectivity index (χ1) is 13.6. The van der Waals surface area contributed by atoms with Crippen LogP contribution in [-0.2, 0) is 11.8 Å². The van der Waals surface area contributed by atoms with Crippen molar-refractivity contribution in [1.29, 1.82) is 0 Å². The Balaban J connectivity index is 1.92. The van der Waals surface area contributed by atoms with Crippen molar-refractivity contribution < 1.29 is 5.11 Å². The Kier molecular flexibility index (Phi) is 4.89. The Bertz CT molecular complexity index is 834. The molecule has 0 spiro atoms. The van der Waals surface area contributed by atoms with Gasteiger partial charge in [0.25, 0.3) is 0 Å². The largest absolute Gasteiger partial charge is 0.508 e. The maximum atomic E-state index is 10.7. The zero-order valence-electron chi connectivity index (χ0n) is 19.2. The summed E-state index contributed by atoms with van der Waals surface area (Å²) in [6.07, 6.45) is 5.77. The van der Waals surface area contributed by atoms with E-state index in [1.807, 2.05) is 20.3 Å². The van der Waals surface area contributed by atoms with E-state index >= 15 is 0 Å². The fourth-order valence-corrected chi connectivity index (χ4v) is 7.94. The van der Waals surface area contributed by atoms with Crippen molar-refractivity contribution in [3.8, 4) is 5.75 Å². The lowest BCUT2D eigenvalue weighted by Crippen LogP contribution is -2.72. The van der Waals surface area contributed by atoms with Gasteiger partial charge in [-0.3, -0.25) is 0 Å². The van der Waals surface area contributed by atoms with Gasteiger partial charge in [0.05, 0.1) is 0 Å². The first-order valence-electron chi connectivity index (χ1n) is 11.3. The second-order valence-electron chi connectivity index (χ2n) is 10.7. The van der Waals surface area contributed by atoms with Gasteiger partial charge in [0.2, 0.25) is 7.41 Å². The normalized spacial score (nSPS) is 35.4. The van der Waals surface area contributed by atoms with Crippen LogP contribution >= 0.6 is 0 Å². The molecule has 29 heavy (non-hydrogen) atoms. The number of aromatic hydroxyl groups is 1. The molecule has 4 rings (SSSR count). The molecule has 1 aliphatic heterocycles. The summed E-state index contributed by atoms with van der Waals surface area (Å²) in [5.41, 5.74) is 5.58. The zero-order valence-corrected chi connectivity index (χ0v) is 19.2. The predicted molar refractivity (Wildman–Crippen MR) is 122 cm³/mol. The molecule has 0 aromatic heterocycles. The number of rotatable bonds is 4. The molecule has 1 heterocycles. The highest BCUT2D eigenvalue weighted by molar-refractivity contribution is 6.30. The molecule has 1 radical (unpaired) electrons. The molecule has 2 unspecified atom stereocenters. The van der Waals surface area contributed by atoms with Crippen molar-refractivity contribution in [2.75, 3.05) is 13.6 Å². The maximum Gasteiger partial charge on any atom is 0.239 e. The van der Waals surface area contributed by atoms with Crippen molar-refractivity contribution in [3.05, 3.63) is 41.1 Å². The monoisotopic (exact) mass is 393 g/mol. The summed E-state index contributed by atoms with van der Waals surface area (Å²) >= 11 is 0. The minimum absolute atomic E-state index is 0.0761. The van der Waals surface area contributed by atoms with Crippen LogP contribution in [0.4, 0.5) is 0 Å². The number of hydrogen-bond acceptors (Lipinski definition) is 3. The van der Waals surface area contributed by atoms with Crippen molar-refractivity contribution in [3.63, 3.8) is 0 Å². The third-order valence-electron chi connectivity index (χ3n) is 9.42. The molecule has 2 bridgehead atoms. The van der Waals surface area contributed by atoms with Gasteiger partial charge < -0.3 is 15.2 Å². The number of phenolic OH excluding ortho intramolecular Hbond substituents is 1. The van der Waals surface area contributed by atoms with E-state index in [-0.39, 0.29) is 16.2 Å². The molecule has 4 heteroatoms. The minimum Gasteiger partial charge on any atom is -0.508 e. The second kappa shape index (κ2) is 6.80. The molecule has 2 fully saturated rings. The Morgan fingerprint density at radius 2 is 2.03 bits per heavy atom. The van der Waals surface area contributed by atoms with Gasteiger partial charge in [0.1, 0.15) is 5.75 Å². The van der Waals surface area contributed by atoms with E-state index in [9.17, 15) is 5.11 Å². The van der Waals surface area contributed by atoms with E-state index in [0.29, 0.717) is 17.7 Å². The summed E-state index contributed by atoms with van der Waals surface area (Å²) in [4.78, 5) is 2.62. The Morgan fingerprint density at radius 1 is 1.31 bits per heavy atom. The summed E-state index contributed by atoms with van der Waals surface area (Å²) in [7, 11) is 4.31. The van der Waals surface area contributed by atoms with Gasteiger partial charge >= 0.3 is 0 Å². The zero-order chi connectivity index (χ0) is 21.2. The summed E-state index contributed by atoms with van der Waals surface area (Å²) in [6, 6.07) is 4.69. The lowest BCUT2D eigenvalue weighted by Gasteiger charge is -2.72. The van der Waals surface area contributed by atoms with Crippen molar-refractivity contribution in [2.45, 2.75) is 78.1 Å². The van der Waals surface area contributed by atoms with Gasteiger partial charge in [-0.15, -0.1) is 0 Å². The first-order valence-corrected chi connectivity index (χ1v) is 11.3. The average molecular weight is 393 g/mol. The van der Waals surface area contributed by atoms with Crippen LogP contribution in [0.1, 0.15) is 63.1 Å². The van der Waals surface area contributed by atoms with Gasteiger partial charge in [-0.2, -0.15) is 0 Å². The number of phenols is 1. The van der Waals surface area contributed by atoms with Crippen LogP contribution in [0.15, 0.2) is 24.4 Å². The summed E-state index contributed by atoms with van der Waals surface area (Å²) in [5, 5.41) is 14.1. The molecule has 2 aliphatic carbocycles. The lowest BCUT2D eigenvalue weighted by molar-refractivity contribution is -0.157. The molecule has 1 saturated carbocycles. The minimum atomic E-state index is 0.0761. The molecule has 3 aliphatic rings. The van der Waals surface area contributed by atoms with Gasteiger partial charge in [0, 0.05) is 11.5 Å². The molecule has 3 nitrogen and oxygen atoms in total. The van der Waals surface area contributed by atoms with Crippen LogP contribution in [0.25, 0.3) is 0 Å². The number of hydrogen-bond donors (Lipinski definition) is 2. The lowest BCUT2D eigenvalue weighted by atomic mass is 9.35. The van der Waals surface area contributed by atoms with Gasteiger partial charge in [-0.05, 0) is 97.8 Å². The van der Waals surface area contributed by atoms with Crippen LogP contribution < -0.4 is 5.23 Å². The number of fused-ring (bicyclic) bond motifs is 1. The number of allylic oxidation sites excluding steroid dienone is 1. The second-order valence-corrected chi connectivity index (χ2v) is 10.7. The number of nitrogens with zero attached hydrogens (tertiary/aromatic N) is 1. The smallest absolute Gasteiger partial charge is 0.239 e. The molecule has 1 aromatic carbocycles. The molecule has 1 saturated heterocycles. The maximum absolute atomic E-state index is 10.7. The van der Waals surface area contributed by atoms with E-state index in [4.69, 9.17) is 0 Å². The molecular formula is C25H38BN2O. The third-order valence-corrected chi connectivity index (χ3v) is 9.42. The van der Waals surface area contributed by atoms with E-state index in [1.54, 1.807) is 0 Å². The van der Waals surface area contributed by atoms with Crippen molar-refractivity contribution in [1.82, 2.24) is 10.1 Å². The third kappa shape index (κ3) is 2.60. The number of likely N-dealkylation sites (tertiary alicyclic amines) is 1. The predicted octanol–water partition coefficient (Wildman–Crippen LogP) is 4.80. The fourth-order valence-electron chi connectivity index (χ4n) is 7.94. The van der Waals surface area contributed by atoms with Gasteiger partial charge in [0.15, 0.2) is 0 Å². The molecule has 2 N–H and O–H groups in total. The summed E-state index contributed by atoms with van der Waals surface area (Å²) in [5.74, 6) is 1.04. The van der Waals surface area contributed by atoms with Crippen LogP contribution in [0, 0.1) is 23.7 Å². The van der Waals surface area contributed by atoms with Gasteiger partial charge in [-0.1, -0.05) is 40.2 Å². The number of likely N-dealkylation sites (N-methyl/N-ethyl adjacent to an activating group) is 1. The molecular weight excluding hydrogens is 355 g/mol. The van der Waals surface area contributed by atoms with Crippen molar-refractivity contribution in [2.24, 2.45) is 16.7 Å². The first kappa shape index (κ1) is 20.8. The van der Waals surface area contributed by atoms with E-state index in [1.165, 1.54) is 24.0 Å². The summed E-state index contributed by atoms with van der Waals surface area (Å²) in [6.45, 7) is 17.2. The highest BCUT2D eigenvalue weighted by Crippen LogP contribution is 2.71. The number of piperidine rings is 1. The highest BCUT2D eigenvalue weighted by atomic mass is 16.3. The average Bonchev–Trinajstić information content (AvgIpc) is 2.64. The topological polar surface area (TPSA) is 35.5 Å². The van der Waals surface area contributed by atoms with E-state index in [0.717, 1.165) is 37.1 Å². The van der Waals surface area contributed by atoms with E-state index < -0.39 is 0 Å². The quantitative estimate of drug-likeness (QED) is 0.722. The number of benzene rings is 1. The highest BCUT2D eigenvalue weighted by Gasteiger charge is 2.69. The molecule has 4 atom stereocenters. The van der Waals surface area contributed by atoms with Crippen LogP contribution in [0.2, 0.25) is 6.82 Å². The molecule has 157 valence electrons. The molecule has 1 aromatic rings.